The molecule has 27 heavy (non-hydrogen) atoms. The zero-order chi connectivity index (χ0) is 18.2. The number of aliphatic imine (C=N–C) groups is 2. The van der Waals surface area contributed by atoms with Crippen molar-refractivity contribution in [2.45, 2.75) is 12.6 Å². The Morgan fingerprint density at radius 2 is 1.67 bits per heavy atom. The lowest BCUT2D eigenvalue weighted by molar-refractivity contribution is -0.133. The molecule has 0 aliphatic carbocycles. The van der Waals surface area contributed by atoms with E-state index >= 15 is 0 Å². The van der Waals surface area contributed by atoms with Gasteiger partial charge in [0.15, 0.2) is 29.0 Å². The fraction of sp³-hybridized carbons (Fsp3) is 0.211. The number of benzene rings is 2. The Bertz CT molecular complexity index is 984. The van der Waals surface area contributed by atoms with Crippen molar-refractivity contribution in [3.05, 3.63) is 47.5 Å². The molecule has 1 atom stereocenters. The van der Waals surface area contributed by atoms with Crippen LogP contribution in [0.25, 0.3) is 0 Å². The number of ether oxygens (including phenoxy) is 5. The molecule has 0 N–H and O–H groups in total. The minimum atomic E-state index is -0.764. The topological polar surface area (TPSA) is 87.9 Å². The van der Waals surface area contributed by atoms with Gasteiger partial charge in [-0.2, -0.15) is 0 Å². The first-order valence-electron chi connectivity index (χ1n) is 8.34. The first-order chi connectivity index (χ1) is 13.3. The van der Waals surface area contributed by atoms with Gasteiger partial charge in [0.05, 0.1) is 6.54 Å². The summed E-state index contributed by atoms with van der Waals surface area (Å²) in [7, 11) is 0. The van der Waals surface area contributed by atoms with E-state index in [2.05, 4.69) is 9.98 Å². The van der Waals surface area contributed by atoms with Crippen molar-refractivity contribution in [1.82, 2.24) is 0 Å². The highest BCUT2D eigenvalue weighted by Gasteiger charge is 2.29. The van der Waals surface area contributed by atoms with E-state index in [-0.39, 0.29) is 19.5 Å². The second-order valence-electron chi connectivity index (χ2n) is 6.05. The Hall–Kier alpha value is -3.55. The highest BCUT2D eigenvalue weighted by molar-refractivity contribution is 6.11. The van der Waals surface area contributed by atoms with Crippen molar-refractivity contribution < 1.29 is 28.5 Å². The number of esters is 1. The fourth-order valence-corrected chi connectivity index (χ4v) is 2.92. The minimum absolute atomic E-state index is 0.181. The van der Waals surface area contributed by atoms with E-state index in [0.29, 0.717) is 29.4 Å². The molecule has 0 aromatic heterocycles. The standard InChI is InChI=1S/C19H14N2O6/c22-19-13(8-20-7-11-1-3-14-16(5-11)25-9-23-14)21-18(27-19)12-2-4-15-17(6-12)26-10-24-15/h1-6,8,13H,7,9-10H2. The number of nitrogens with zero attached hydrogens (tertiary/aromatic N) is 2. The number of hydrogen-bond donors (Lipinski definition) is 0. The van der Waals surface area contributed by atoms with Gasteiger partial charge in [-0.05, 0) is 35.9 Å². The Labute approximate surface area is 154 Å². The molecule has 5 rings (SSSR count). The molecule has 8 nitrogen and oxygen atoms in total. The van der Waals surface area contributed by atoms with E-state index in [0.717, 1.165) is 11.3 Å². The van der Waals surface area contributed by atoms with Gasteiger partial charge in [0.1, 0.15) is 0 Å². The summed E-state index contributed by atoms with van der Waals surface area (Å²) in [6.45, 7) is 0.808. The summed E-state index contributed by atoms with van der Waals surface area (Å²) in [5.41, 5.74) is 1.60. The molecule has 0 radical (unpaired) electrons. The highest BCUT2D eigenvalue weighted by Crippen LogP contribution is 2.34. The molecule has 0 saturated carbocycles. The summed E-state index contributed by atoms with van der Waals surface area (Å²) in [6, 6.07) is 10.1. The average molecular weight is 366 g/mol. The third-order valence-electron chi connectivity index (χ3n) is 4.27. The third kappa shape index (κ3) is 2.95. The van der Waals surface area contributed by atoms with Crippen LogP contribution in [-0.4, -0.2) is 37.7 Å². The summed E-state index contributed by atoms with van der Waals surface area (Å²) in [5, 5.41) is 0. The van der Waals surface area contributed by atoms with Gasteiger partial charge in [0.25, 0.3) is 0 Å². The molecule has 0 bridgehead atoms. The van der Waals surface area contributed by atoms with Crippen molar-refractivity contribution in [3.63, 3.8) is 0 Å². The molecule has 0 fully saturated rings. The third-order valence-corrected chi connectivity index (χ3v) is 4.27. The van der Waals surface area contributed by atoms with E-state index in [1.165, 1.54) is 6.21 Å². The van der Waals surface area contributed by atoms with Gasteiger partial charge in [-0.3, -0.25) is 4.99 Å². The lowest BCUT2D eigenvalue weighted by atomic mass is 10.2. The van der Waals surface area contributed by atoms with E-state index in [4.69, 9.17) is 23.7 Å². The zero-order valence-corrected chi connectivity index (χ0v) is 14.1. The van der Waals surface area contributed by atoms with Crippen LogP contribution in [0.5, 0.6) is 23.0 Å². The zero-order valence-electron chi connectivity index (χ0n) is 14.1. The molecule has 136 valence electrons. The van der Waals surface area contributed by atoms with Gasteiger partial charge in [0.2, 0.25) is 19.5 Å². The lowest BCUT2D eigenvalue weighted by Crippen LogP contribution is -2.16. The van der Waals surface area contributed by atoms with Crippen LogP contribution in [0.15, 0.2) is 46.4 Å². The maximum absolute atomic E-state index is 12.1. The normalized spacial score (nSPS) is 19.5. The predicted octanol–water partition coefficient (Wildman–Crippen LogP) is 2.09. The van der Waals surface area contributed by atoms with E-state index in [9.17, 15) is 4.79 Å². The molecule has 3 aliphatic rings. The maximum Gasteiger partial charge on any atom is 0.343 e. The number of carbonyl (C=O) groups excluding carboxylic acids is 1. The first-order valence-corrected chi connectivity index (χ1v) is 8.34. The fourth-order valence-electron chi connectivity index (χ4n) is 2.92. The van der Waals surface area contributed by atoms with Gasteiger partial charge in [-0.25, -0.2) is 9.79 Å². The molecular weight excluding hydrogens is 352 g/mol. The SMILES string of the molecule is O=C1OC(c2ccc3c(c2)OCO3)=NC1C=NCc1ccc2c(c1)OCO2. The Kier molecular flexibility index (Phi) is 3.67. The molecule has 1 unspecified atom stereocenters. The van der Waals surface area contributed by atoms with Crippen LogP contribution in [0, 0.1) is 0 Å². The van der Waals surface area contributed by atoms with Crippen molar-refractivity contribution in [2.75, 3.05) is 13.6 Å². The molecule has 0 amide bonds. The van der Waals surface area contributed by atoms with Crippen LogP contribution in [0.3, 0.4) is 0 Å². The van der Waals surface area contributed by atoms with E-state index in [1.807, 2.05) is 18.2 Å². The van der Waals surface area contributed by atoms with Crippen molar-refractivity contribution in [1.29, 1.82) is 0 Å². The van der Waals surface area contributed by atoms with Crippen LogP contribution in [0.1, 0.15) is 11.1 Å². The minimum Gasteiger partial charge on any atom is -0.454 e. The Morgan fingerprint density at radius 1 is 0.963 bits per heavy atom. The Balaban J connectivity index is 1.29. The van der Waals surface area contributed by atoms with Crippen LogP contribution in [0.2, 0.25) is 0 Å². The summed E-state index contributed by atoms with van der Waals surface area (Å²) in [4.78, 5) is 20.7. The van der Waals surface area contributed by atoms with Crippen LogP contribution < -0.4 is 18.9 Å². The maximum atomic E-state index is 12.1. The molecule has 3 aliphatic heterocycles. The van der Waals surface area contributed by atoms with Gasteiger partial charge in [-0.15, -0.1) is 0 Å². The number of hydrogen-bond acceptors (Lipinski definition) is 8. The molecule has 2 aromatic rings. The first kappa shape index (κ1) is 15.7. The van der Waals surface area contributed by atoms with E-state index in [1.54, 1.807) is 18.2 Å². The van der Waals surface area contributed by atoms with Gasteiger partial charge < -0.3 is 23.7 Å². The average Bonchev–Trinajstić information content (AvgIpc) is 3.40. The number of carbonyl (C=O) groups is 1. The highest BCUT2D eigenvalue weighted by atomic mass is 16.7. The van der Waals surface area contributed by atoms with Crippen LogP contribution >= 0.6 is 0 Å². The molecule has 3 heterocycles. The van der Waals surface area contributed by atoms with Crippen LogP contribution in [0.4, 0.5) is 0 Å². The second kappa shape index (κ2) is 6.31. The van der Waals surface area contributed by atoms with Crippen molar-refractivity contribution >= 4 is 18.1 Å². The molecule has 0 saturated heterocycles. The van der Waals surface area contributed by atoms with Gasteiger partial charge in [-0.1, -0.05) is 6.07 Å². The number of fused-ring (bicyclic) bond motifs is 2. The number of cyclic esters (lactones) is 1. The molecular formula is C19H14N2O6. The molecule has 2 aromatic carbocycles. The van der Waals surface area contributed by atoms with Crippen molar-refractivity contribution in [2.24, 2.45) is 9.98 Å². The monoisotopic (exact) mass is 366 g/mol. The van der Waals surface area contributed by atoms with Crippen molar-refractivity contribution in [3.8, 4) is 23.0 Å². The largest absolute Gasteiger partial charge is 0.454 e. The predicted molar refractivity (Wildman–Crippen MR) is 93.7 cm³/mol. The lowest BCUT2D eigenvalue weighted by Gasteiger charge is -2.01. The van der Waals surface area contributed by atoms with E-state index < -0.39 is 12.0 Å². The van der Waals surface area contributed by atoms with Gasteiger partial charge in [0, 0.05) is 11.8 Å². The summed E-state index contributed by atoms with van der Waals surface area (Å²) in [6.07, 6.45) is 1.49. The quantitative estimate of drug-likeness (QED) is 0.608. The second-order valence-corrected chi connectivity index (χ2v) is 6.05. The smallest absolute Gasteiger partial charge is 0.343 e. The number of rotatable bonds is 4. The summed E-state index contributed by atoms with van der Waals surface area (Å²) < 4.78 is 26.5. The van der Waals surface area contributed by atoms with Gasteiger partial charge >= 0.3 is 5.97 Å². The summed E-state index contributed by atoms with van der Waals surface area (Å²) >= 11 is 0. The summed E-state index contributed by atoms with van der Waals surface area (Å²) in [5.74, 6) is 2.47. The molecule has 8 heteroatoms. The Morgan fingerprint density at radius 3 is 2.48 bits per heavy atom. The molecule has 0 spiro atoms. The van der Waals surface area contributed by atoms with Crippen LogP contribution in [-0.2, 0) is 16.1 Å².